The summed E-state index contributed by atoms with van der Waals surface area (Å²) in [5, 5.41) is 7.85. The van der Waals surface area contributed by atoms with Gasteiger partial charge in [-0.25, -0.2) is 4.68 Å². The number of rotatable bonds is 5. The lowest BCUT2D eigenvalue weighted by molar-refractivity contribution is 0.866. The Balaban J connectivity index is 1.63. The van der Waals surface area contributed by atoms with Crippen LogP contribution < -0.4 is 5.32 Å². The number of nitrogens with zero attached hydrogens (tertiary/aromatic N) is 2. The molecule has 0 amide bonds. The van der Waals surface area contributed by atoms with Gasteiger partial charge in [0.2, 0.25) is 0 Å². The van der Waals surface area contributed by atoms with Crippen molar-refractivity contribution in [2.24, 2.45) is 0 Å². The molecule has 0 atom stereocenters. The van der Waals surface area contributed by atoms with E-state index >= 15 is 0 Å². The minimum absolute atomic E-state index is 0.568. The molecule has 22 heavy (non-hydrogen) atoms. The van der Waals surface area contributed by atoms with Gasteiger partial charge in [-0.3, -0.25) is 0 Å². The van der Waals surface area contributed by atoms with Crippen molar-refractivity contribution in [1.82, 2.24) is 9.78 Å². The van der Waals surface area contributed by atoms with Crippen LogP contribution >= 0.6 is 0 Å². The highest BCUT2D eigenvalue weighted by atomic mass is 15.3. The Morgan fingerprint density at radius 2 is 1.73 bits per heavy atom. The molecule has 0 radical (unpaired) electrons. The molecule has 3 nitrogen and oxygen atoms in total. The molecule has 0 fully saturated rings. The van der Waals surface area contributed by atoms with Gasteiger partial charge in [-0.05, 0) is 35.7 Å². The molecule has 3 heteroatoms. The minimum atomic E-state index is 0.568. The zero-order chi connectivity index (χ0) is 15.4. The van der Waals surface area contributed by atoms with Crippen LogP contribution in [-0.2, 0) is 6.54 Å². The first-order chi connectivity index (χ1) is 10.7. The molecular formula is C19H21N3. The molecule has 0 unspecified atom stereocenters. The molecule has 3 rings (SSSR count). The molecule has 0 spiro atoms. The molecule has 3 aromatic rings. The average Bonchev–Trinajstić information content (AvgIpc) is 3.03. The highest BCUT2D eigenvalue weighted by molar-refractivity contribution is 5.45. The molecule has 0 saturated carbocycles. The van der Waals surface area contributed by atoms with Gasteiger partial charge in [0.1, 0.15) is 0 Å². The van der Waals surface area contributed by atoms with Crippen molar-refractivity contribution in [3.63, 3.8) is 0 Å². The topological polar surface area (TPSA) is 29.9 Å². The van der Waals surface area contributed by atoms with E-state index < -0.39 is 0 Å². The lowest BCUT2D eigenvalue weighted by atomic mass is 10.0. The molecule has 112 valence electrons. The van der Waals surface area contributed by atoms with Gasteiger partial charge in [0, 0.05) is 24.0 Å². The first-order valence-corrected chi connectivity index (χ1v) is 7.65. The van der Waals surface area contributed by atoms with Gasteiger partial charge in [0.15, 0.2) is 0 Å². The predicted molar refractivity (Wildman–Crippen MR) is 91.4 cm³/mol. The summed E-state index contributed by atoms with van der Waals surface area (Å²) in [5.41, 5.74) is 4.74. The van der Waals surface area contributed by atoms with Crippen LogP contribution in [0, 0.1) is 0 Å². The molecule has 0 aliphatic heterocycles. The van der Waals surface area contributed by atoms with Crippen molar-refractivity contribution in [2.75, 3.05) is 5.32 Å². The summed E-state index contributed by atoms with van der Waals surface area (Å²) in [5.74, 6) is 0.568. The van der Waals surface area contributed by atoms with Crippen molar-refractivity contribution in [2.45, 2.75) is 26.3 Å². The highest BCUT2D eigenvalue weighted by Gasteiger charge is 2.02. The molecule has 0 aliphatic rings. The lowest BCUT2D eigenvalue weighted by Gasteiger charge is -2.08. The molecule has 0 bridgehead atoms. The second-order valence-corrected chi connectivity index (χ2v) is 5.76. The quantitative estimate of drug-likeness (QED) is 0.744. The fourth-order valence-corrected chi connectivity index (χ4v) is 2.36. The van der Waals surface area contributed by atoms with Crippen molar-refractivity contribution in [1.29, 1.82) is 0 Å². The van der Waals surface area contributed by atoms with E-state index in [1.807, 2.05) is 29.1 Å². The zero-order valence-corrected chi connectivity index (χ0v) is 13.0. The van der Waals surface area contributed by atoms with Gasteiger partial charge >= 0.3 is 0 Å². The van der Waals surface area contributed by atoms with Gasteiger partial charge in [-0.1, -0.05) is 44.2 Å². The van der Waals surface area contributed by atoms with Crippen molar-refractivity contribution < 1.29 is 0 Å². The monoisotopic (exact) mass is 291 g/mol. The van der Waals surface area contributed by atoms with E-state index in [0.717, 1.165) is 23.5 Å². The van der Waals surface area contributed by atoms with Gasteiger partial charge < -0.3 is 5.32 Å². The van der Waals surface area contributed by atoms with Crippen LogP contribution in [-0.4, -0.2) is 9.78 Å². The number of aromatic nitrogens is 2. The number of anilines is 1. The van der Waals surface area contributed by atoms with Crippen molar-refractivity contribution in [3.05, 3.63) is 78.1 Å². The summed E-state index contributed by atoms with van der Waals surface area (Å²) >= 11 is 0. The van der Waals surface area contributed by atoms with Gasteiger partial charge in [-0.2, -0.15) is 5.10 Å². The van der Waals surface area contributed by atoms with Crippen LogP contribution in [0.15, 0.2) is 67.0 Å². The van der Waals surface area contributed by atoms with Gasteiger partial charge in [0.25, 0.3) is 0 Å². The first kappa shape index (κ1) is 14.4. The lowest BCUT2D eigenvalue weighted by Crippen LogP contribution is -1.99. The second-order valence-electron chi connectivity index (χ2n) is 5.76. The third-order valence-corrected chi connectivity index (χ3v) is 3.73. The fourth-order valence-electron chi connectivity index (χ4n) is 2.36. The van der Waals surface area contributed by atoms with E-state index in [1.165, 1.54) is 5.56 Å². The maximum atomic E-state index is 4.41. The third kappa shape index (κ3) is 3.37. The molecule has 1 heterocycles. The van der Waals surface area contributed by atoms with Crippen LogP contribution in [0.1, 0.15) is 30.9 Å². The maximum absolute atomic E-state index is 4.41. The smallest absolute Gasteiger partial charge is 0.0645 e. The Morgan fingerprint density at radius 1 is 1.00 bits per heavy atom. The van der Waals surface area contributed by atoms with Crippen LogP contribution in [0.2, 0.25) is 0 Å². The van der Waals surface area contributed by atoms with E-state index in [4.69, 9.17) is 0 Å². The normalized spacial score (nSPS) is 10.9. The number of nitrogens with one attached hydrogen (secondary N) is 1. The average molecular weight is 291 g/mol. The Morgan fingerprint density at radius 3 is 2.41 bits per heavy atom. The molecule has 1 N–H and O–H groups in total. The summed E-state index contributed by atoms with van der Waals surface area (Å²) in [4.78, 5) is 0. The fraction of sp³-hybridized carbons (Fsp3) is 0.211. The minimum Gasteiger partial charge on any atom is -0.381 e. The van der Waals surface area contributed by atoms with E-state index in [0.29, 0.717) is 5.92 Å². The SMILES string of the molecule is CC(C)c1ccc(NCc2cnn(-c3ccccc3)c2)cc1. The molecule has 2 aromatic carbocycles. The van der Waals surface area contributed by atoms with Gasteiger partial charge in [-0.15, -0.1) is 0 Å². The molecule has 0 saturated heterocycles. The second kappa shape index (κ2) is 6.48. The van der Waals surface area contributed by atoms with Gasteiger partial charge in [0.05, 0.1) is 11.9 Å². The van der Waals surface area contributed by atoms with Crippen molar-refractivity contribution >= 4 is 5.69 Å². The maximum Gasteiger partial charge on any atom is 0.0645 e. The summed E-state index contributed by atoms with van der Waals surface area (Å²) in [6.07, 6.45) is 3.97. The number of para-hydroxylation sites is 1. The predicted octanol–water partition coefficient (Wildman–Crippen LogP) is 4.61. The highest BCUT2D eigenvalue weighted by Crippen LogP contribution is 2.17. The van der Waals surface area contributed by atoms with Crippen molar-refractivity contribution in [3.8, 4) is 5.69 Å². The van der Waals surface area contributed by atoms with E-state index in [9.17, 15) is 0 Å². The van der Waals surface area contributed by atoms with E-state index in [2.05, 4.69) is 66.9 Å². The Hall–Kier alpha value is -2.55. The molecule has 0 aliphatic carbocycles. The Bertz CT molecular complexity index is 712. The Labute approximate surface area is 131 Å². The molecular weight excluding hydrogens is 270 g/mol. The van der Waals surface area contributed by atoms with E-state index in [-0.39, 0.29) is 0 Å². The Kier molecular flexibility index (Phi) is 4.24. The standard InChI is InChI=1S/C19H21N3/c1-15(2)17-8-10-18(11-9-17)20-12-16-13-21-22(14-16)19-6-4-3-5-7-19/h3-11,13-15,20H,12H2,1-2H3. The molecule has 1 aromatic heterocycles. The van der Waals surface area contributed by atoms with Crippen LogP contribution in [0.3, 0.4) is 0 Å². The summed E-state index contributed by atoms with van der Waals surface area (Å²) in [6.45, 7) is 5.19. The number of hydrogen-bond donors (Lipinski definition) is 1. The first-order valence-electron chi connectivity index (χ1n) is 7.65. The van der Waals surface area contributed by atoms with Crippen LogP contribution in [0.25, 0.3) is 5.69 Å². The number of hydrogen-bond acceptors (Lipinski definition) is 2. The summed E-state index contributed by atoms with van der Waals surface area (Å²) in [7, 11) is 0. The number of benzene rings is 2. The van der Waals surface area contributed by atoms with Crippen LogP contribution in [0.5, 0.6) is 0 Å². The largest absolute Gasteiger partial charge is 0.381 e. The zero-order valence-electron chi connectivity index (χ0n) is 13.0. The summed E-state index contributed by atoms with van der Waals surface area (Å²) in [6, 6.07) is 18.8. The van der Waals surface area contributed by atoms with Crippen LogP contribution in [0.4, 0.5) is 5.69 Å². The summed E-state index contributed by atoms with van der Waals surface area (Å²) < 4.78 is 1.90. The third-order valence-electron chi connectivity index (χ3n) is 3.73. The van der Waals surface area contributed by atoms with E-state index in [1.54, 1.807) is 0 Å².